The maximum Gasteiger partial charge on any atom is 0.240 e. The van der Waals surface area contributed by atoms with E-state index in [1.807, 2.05) is 20.9 Å². The Hall–Kier alpha value is -1.59. The van der Waals surface area contributed by atoms with Crippen molar-refractivity contribution < 1.29 is 8.42 Å². The molecule has 0 aliphatic heterocycles. The molecule has 0 saturated heterocycles. The summed E-state index contributed by atoms with van der Waals surface area (Å²) in [6.07, 6.45) is 0.694. The fourth-order valence-corrected chi connectivity index (χ4v) is 3.24. The number of benzene rings is 1. The highest BCUT2D eigenvalue weighted by molar-refractivity contribution is 7.89. The minimum atomic E-state index is -3.40. The molecule has 0 spiro atoms. The molecule has 0 saturated carbocycles. The predicted octanol–water partition coefficient (Wildman–Crippen LogP) is 2.16. The van der Waals surface area contributed by atoms with E-state index in [4.69, 9.17) is 0 Å². The molecule has 0 aliphatic rings. The molecule has 0 aliphatic carbocycles. The van der Waals surface area contributed by atoms with E-state index >= 15 is 0 Å². The third-order valence-corrected chi connectivity index (χ3v) is 5.10. The highest BCUT2D eigenvalue weighted by atomic mass is 32.2. The number of hydrogen-bond donors (Lipinski definition) is 1. The van der Waals surface area contributed by atoms with Gasteiger partial charge in [0.05, 0.1) is 4.90 Å². The van der Waals surface area contributed by atoms with Crippen LogP contribution in [0.15, 0.2) is 41.3 Å². The van der Waals surface area contributed by atoms with E-state index in [0.29, 0.717) is 17.9 Å². The summed E-state index contributed by atoms with van der Waals surface area (Å²) in [5.41, 5.74) is 3.55. The molecule has 1 N–H and O–H groups in total. The summed E-state index contributed by atoms with van der Waals surface area (Å²) in [5, 5.41) is 0. The summed E-state index contributed by atoms with van der Waals surface area (Å²) in [6.45, 7) is 4.50. The van der Waals surface area contributed by atoms with Gasteiger partial charge in [-0.1, -0.05) is 18.2 Å². The molecule has 0 radical (unpaired) electrons. The summed E-state index contributed by atoms with van der Waals surface area (Å²) in [7, 11) is -1.39. The summed E-state index contributed by atoms with van der Waals surface area (Å²) in [4.78, 5) is 0.306. The molecule has 0 amide bonds. The van der Waals surface area contributed by atoms with Gasteiger partial charge in [0.25, 0.3) is 0 Å². The van der Waals surface area contributed by atoms with Crippen LogP contribution in [0.25, 0.3) is 0 Å². The van der Waals surface area contributed by atoms with Crippen molar-refractivity contribution in [2.24, 2.45) is 7.05 Å². The van der Waals surface area contributed by atoms with Crippen LogP contribution in [-0.2, 0) is 23.5 Å². The zero-order valence-electron chi connectivity index (χ0n) is 12.1. The summed E-state index contributed by atoms with van der Waals surface area (Å²) < 4.78 is 28.9. The first kappa shape index (κ1) is 14.8. The Morgan fingerprint density at radius 1 is 1.15 bits per heavy atom. The Labute approximate surface area is 120 Å². The van der Waals surface area contributed by atoms with Crippen LogP contribution in [-0.4, -0.2) is 19.5 Å². The fourth-order valence-electron chi connectivity index (χ4n) is 2.19. The van der Waals surface area contributed by atoms with Crippen LogP contribution in [0.5, 0.6) is 0 Å². The molecule has 1 heterocycles. The third kappa shape index (κ3) is 3.11. The molecule has 1 aromatic carbocycles. The second-order valence-electron chi connectivity index (χ2n) is 4.92. The minimum Gasteiger partial charge on any atom is -0.352 e. The molecule has 2 aromatic rings. The average molecular weight is 292 g/mol. The highest BCUT2D eigenvalue weighted by Gasteiger charge is 2.13. The second kappa shape index (κ2) is 5.81. The predicted molar refractivity (Wildman–Crippen MR) is 80.2 cm³/mol. The molecule has 0 bridgehead atoms. The van der Waals surface area contributed by atoms with Gasteiger partial charge in [-0.25, -0.2) is 13.1 Å². The minimum absolute atomic E-state index is 0.306. The van der Waals surface area contributed by atoms with E-state index in [0.717, 1.165) is 0 Å². The van der Waals surface area contributed by atoms with Crippen LogP contribution >= 0.6 is 0 Å². The Morgan fingerprint density at radius 3 is 2.35 bits per heavy atom. The van der Waals surface area contributed by atoms with Gasteiger partial charge in [0.15, 0.2) is 0 Å². The lowest BCUT2D eigenvalue weighted by molar-refractivity contribution is 0.581. The molecular weight excluding hydrogens is 272 g/mol. The van der Waals surface area contributed by atoms with E-state index < -0.39 is 10.0 Å². The van der Waals surface area contributed by atoms with Crippen LogP contribution in [0.3, 0.4) is 0 Å². The standard InChI is InChI=1S/C15H20N2O2S/c1-12-11-14(13(2)17(12)3)9-10-16-20(18,19)15-7-5-4-6-8-15/h4-8,11,16H,9-10H2,1-3H3. The number of hydrogen-bond acceptors (Lipinski definition) is 2. The van der Waals surface area contributed by atoms with Gasteiger partial charge in [-0.15, -0.1) is 0 Å². The van der Waals surface area contributed by atoms with Crippen LogP contribution in [0, 0.1) is 13.8 Å². The van der Waals surface area contributed by atoms with Crippen molar-refractivity contribution in [3.63, 3.8) is 0 Å². The summed E-state index contributed by atoms with van der Waals surface area (Å²) in [6, 6.07) is 10.5. The fraction of sp³-hybridized carbons (Fsp3) is 0.333. The van der Waals surface area contributed by atoms with Gasteiger partial charge in [-0.05, 0) is 44.0 Å². The van der Waals surface area contributed by atoms with E-state index in [2.05, 4.69) is 15.4 Å². The van der Waals surface area contributed by atoms with Gasteiger partial charge in [-0.3, -0.25) is 0 Å². The lowest BCUT2D eigenvalue weighted by atomic mass is 10.2. The maximum atomic E-state index is 12.1. The molecule has 0 fully saturated rings. The van der Waals surface area contributed by atoms with Gasteiger partial charge < -0.3 is 4.57 Å². The van der Waals surface area contributed by atoms with Crippen LogP contribution in [0.1, 0.15) is 17.0 Å². The quantitative estimate of drug-likeness (QED) is 0.918. The van der Waals surface area contributed by atoms with E-state index in [9.17, 15) is 8.42 Å². The molecule has 1 aromatic heterocycles. The van der Waals surface area contributed by atoms with Crippen LogP contribution in [0.2, 0.25) is 0 Å². The Kier molecular flexibility index (Phi) is 4.30. The Morgan fingerprint density at radius 2 is 1.80 bits per heavy atom. The van der Waals surface area contributed by atoms with Crippen molar-refractivity contribution in [1.29, 1.82) is 0 Å². The van der Waals surface area contributed by atoms with Gasteiger partial charge in [0.2, 0.25) is 10.0 Å². The van der Waals surface area contributed by atoms with Gasteiger partial charge in [-0.2, -0.15) is 0 Å². The Balaban J connectivity index is 2.01. The zero-order valence-corrected chi connectivity index (χ0v) is 12.9. The van der Waals surface area contributed by atoms with Crippen molar-refractivity contribution >= 4 is 10.0 Å². The Bertz CT molecular complexity index is 688. The lowest BCUT2D eigenvalue weighted by Gasteiger charge is -2.07. The van der Waals surface area contributed by atoms with Crippen molar-refractivity contribution in [1.82, 2.24) is 9.29 Å². The molecule has 2 rings (SSSR count). The summed E-state index contributed by atoms with van der Waals surface area (Å²) >= 11 is 0. The van der Waals surface area contributed by atoms with Gasteiger partial charge in [0.1, 0.15) is 0 Å². The van der Waals surface area contributed by atoms with Gasteiger partial charge in [0, 0.05) is 25.0 Å². The first-order valence-corrected chi connectivity index (χ1v) is 8.06. The number of sulfonamides is 1. The normalized spacial score (nSPS) is 11.8. The molecule has 0 unspecified atom stereocenters. The molecular formula is C15H20N2O2S. The van der Waals surface area contributed by atoms with Crippen molar-refractivity contribution in [3.8, 4) is 0 Å². The monoisotopic (exact) mass is 292 g/mol. The number of nitrogens with zero attached hydrogens (tertiary/aromatic N) is 1. The lowest BCUT2D eigenvalue weighted by Crippen LogP contribution is -2.26. The largest absolute Gasteiger partial charge is 0.352 e. The average Bonchev–Trinajstić information content (AvgIpc) is 2.67. The van der Waals surface area contributed by atoms with E-state index in [1.165, 1.54) is 17.0 Å². The molecule has 5 heteroatoms. The topological polar surface area (TPSA) is 51.1 Å². The molecule has 4 nitrogen and oxygen atoms in total. The van der Waals surface area contributed by atoms with Crippen molar-refractivity contribution in [2.75, 3.05) is 6.54 Å². The van der Waals surface area contributed by atoms with E-state index in [-0.39, 0.29) is 0 Å². The zero-order chi connectivity index (χ0) is 14.8. The first-order chi connectivity index (χ1) is 9.42. The van der Waals surface area contributed by atoms with Crippen LogP contribution in [0.4, 0.5) is 0 Å². The second-order valence-corrected chi connectivity index (χ2v) is 6.68. The smallest absolute Gasteiger partial charge is 0.240 e. The van der Waals surface area contributed by atoms with Crippen molar-refractivity contribution in [2.45, 2.75) is 25.2 Å². The highest BCUT2D eigenvalue weighted by Crippen LogP contribution is 2.14. The third-order valence-electron chi connectivity index (χ3n) is 3.62. The van der Waals surface area contributed by atoms with E-state index in [1.54, 1.807) is 30.3 Å². The number of aromatic nitrogens is 1. The summed E-state index contributed by atoms with van der Waals surface area (Å²) in [5.74, 6) is 0. The number of nitrogens with one attached hydrogen (secondary N) is 1. The number of aryl methyl sites for hydroxylation is 1. The SMILES string of the molecule is Cc1cc(CCNS(=O)(=O)c2ccccc2)c(C)n1C. The number of rotatable bonds is 5. The maximum absolute atomic E-state index is 12.1. The molecule has 20 heavy (non-hydrogen) atoms. The molecule has 108 valence electrons. The van der Waals surface area contributed by atoms with Gasteiger partial charge >= 0.3 is 0 Å². The molecule has 0 atom stereocenters. The van der Waals surface area contributed by atoms with Crippen LogP contribution < -0.4 is 4.72 Å². The first-order valence-electron chi connectivity index (χ1n) is 6.58. The van der Waals surface area contributed by atoms with Crippen molar-refractivity contribution in [3.05, 3.63) is 53.3 Å².